The van der Waals surface area contributed by atoms with Crippen LogP contribution in [0.4, 0.5) is 0 Å². The summed E-state index contributed by atoms with van der Waals surface area (Å²) in [5.74, 6) is 0.792. The fourth-order valence-corrected chi connectivity index (χ4v) is 2.32. The molecule has 0 bridgehead atoms. The molecule has 0 amide bonds. The van der Waals surface area contributed by atoms with Gasteiger partial charge < -0.3 is 0 Å². The maximum Gasteiger partial charge on any atom is 0.162 e. The van der Waals surface area contributed by atoms with Gasteiger partial charge in [-0.05, 0) is 35.1 Å². The smallest absolute Gasteiger partial charge is 0.162 e. The Morgan fingerprint density at radius 3 is 2.30 bits per heavy atom. The molecular formula is C19H22O. The van der Waals surface area contributed by atoms with Crippen molar-refractivity contribution in [3.05, 3.63) is 59.7 Å². The lowest BCUT2D eigenvalue weighted by Gasteiger charge is -2.10. The van der Waals surface area contributed by atoms with Crippen molar-refractivity contribution in [3.8, 4) is 11.1 Å². The summed E-state index contributed by atoms with van der Waals surface area (Å²) < 4.78 is 0. The van der Waals surface area contributed by atoms with Gasteiger partial charge in [-0.2, -0.15) is 0 Å². The minimum atomic E-state index is 0.197. The molecule has 0 aromatic heterocycles. The van der Waals surface area contributed by atoms with E-state index in [4.69, 9.17) is 0 Å². The summed E-state index contributed by atoms with van der Waals surface area (Å²) in [6, 6.07) is 16.6. The largest absolute Gasteiger partial charge is 0.294 e. The number of carbonyl (C=O) groups is 1. The fraction of sp³-hybridized carbons (Fsp3) is 0.316. The monoisotopic (exact) mass is 266 g/mol. The molecule has 20 heavy (non-hydrogen) atoms. The second-order valence-corrected chi connectivity index (χ2v) is 5.29. The molecule has 0 aliphatic rings. The van der Waals surface area contributed by atoms with Gasteiger partial charge in [-0.1, -0.05) is 63.2 Å². The molecule has 2 aromatic carbocycles. The number of Topliss-reactive ketones (excluding diaryl/α,β-unsaturated/α-hetero) is 1. The van der Waals surface area contributed by atoms with Crippen LogP contribution in [0.1, 0.15) is 55.5 Å². The fourth-order valence-electron chi connectivity index (χ4n) is 2.32. The van der Waals surface area contributed by atoms with Crippen LogP contribution < -0.4 is 0 Å². The predicted molar refractivity (Wildman–Crippen MR) is 85.2 cm³/mol. The van der Waals surface area contributed by atoms with E-state index in [1.165, 1.54) is 11.1 Å². The lowest BCUT2D eigenvalue weighted by Crippen LogP contribution is -1.96. The van der Waals surface area contributed by atoms with Crippen LogP contribution in [-0.4, -0.2) is 5.78 Å². The Balaban J connectivity index is 2.30. The van der Waals surface area contributed by atoms with Crippen LogP contribution in [0.3, 0.4) is 0 Å². The number of rotatable bonds is 5. The number of hydrogen-bond acceptors (Lipinski definition) is 1. The summed E-state index contributed by atoms with van der Waals surface area (Å²) >= 11 is 0. The highest BCUT2D eigenvalue weighted by molar-refractivity contribution is 5.96. The molecule has 2 rings (SSSR count). The van der Waals surface area contributed by atoms with Crippen LogP contribution >= 0.6 is 0 Å². The van der Waals surface area contributed by atoms with E-state index in [1.54, 1.807) is 0 Å². The molecule has 104 valence electrons. The van der Waals surface area contributed by atoms with Gasteiger partial charge in [-0.15, -0.1) is 0 Å². The number of ketones is 1. The third kappa shape index (κ3) is 3.16. The minimum absolute atomic E-state index is 0.197. The van der Waals surface area contributed by atoms with Crippen LogP contribution in [0, 0.1) is 0 Å². The third-order valence-electron chi connectivity index (χ3n) is 3.93. The average Bonchev–Trinajstić information content (AvgIpc) is 2.53. The molecule has 1 unspecified atom stereocenters. The zero-order chi connectivity index (χ0) is 14.5. The second kappa shape index (κ2) is 6.51. The third-order valence-corrected chi connectivity index (χ3v) is 3.93. The maximum absolute atomic E-state index is 11.8. The topological polar surface area (TPSA) is 17.1 Å². The van der Waals surface area contributed by atoms with Gasteiger partial charge in [0.25, 0.3) is 0 Å². The molecule has 0 saturated carbocycles. The Kier molecular flexibility index (Phi) is 4.73. The SMILES string of the molecule is CCC(=O)c1cccc(-c2ccc(C(C)CC)cc2)c1. The molecule has 1 nitrogen and oxygen atoms in total. The van der Waals surface area contributed by atoms with E-state index in [-0.39, 0.29) is 5.78 Å². The summed E-state index contributed by atoms with van der Waals surface area (Å²) in [5.41, 5.74) is 4.45. The van der Waals surface area contributed by atoms with Crippen LogP contribution in [0.15, 0.2) is 48.5 Å². The van der Waals surface area contributed by atoms with Crippen molar-refractivity contribution in [2.24, 2.45) is 0 Å². The molecular weight excluding hydrogens is 244 g/mol. The maximum atomic E-state index is 11.8. The van der Waals surface area contributed by atoms with Crippen molar-refractivity contribution in [2.45, 2.75) is 39.5 Å². The first kappa shape index (κ1) is 14.5. The van der Waals surface area contributed by atoms with Gasteiger partial charge in [0.1, 0.15) is 0 Å². The average molecular weight is 266 g/mol. The van der Waals surface area contributed by atoms with Crippen LogP contribution in [0.25, 0.3) is 11.1 Å². The summed E-state index contributed by atoms with van der Waals surface area (Å²) in [4.78, 5) is 11.8. The van der Waals surface area contributed by atoms with Gasteiger partial charge >= 0.3 is 0 Å². The Labute approximate surface area is 121 Å². The van der Waals surface area contributed by atoms with Crippen molar-refractivity contribution in [1.29, 1.82) is 0 Å². The van der Waals surface area contributed by atoms with Gasteiger partial charge in [-0.3, -0.25) is 4.79 Å². The van der Waals surface area contributed by atoms with E-state index in [1.807, 2.05) is 25.1 Å². The molecule has 1 heteroatoms. The summed E-state index contributed by atoms with van der Waals surface area (Å²) in [6.45, 7) is 6.35. The lowest BCUT2D eigenvalue weighted by atomic mass is 9.95. The Morgan fingerprint density at radius 2 is 1.70 bits per heavy atom. The number of carbonyl (C=O) groups excluding carboxylic acids is 1. The van der Waals surface area contributed by atoms with E-state index >= 15 is 0 Å². The zero-order valence-electron chi connectivity index (χ0n) is 12.5. The molecule has 0 saturated heterocycles. The first-order chi connectivity index (χ1) is 9.65. The van der Waals surface area contributed by atoms with E-state index < -0.39 is 0 Å². The molecule has 0 spiro atoms. The van der Waals surface area contributed by atoms with Gasteiger partial charge in [0, 0.05) is 12.0 Å². The second-order valence-electron chi connectivity index (χ2n) is 5.29. The van der Waals surface area contributed by atoms with Gasteiger partial charge in [0.15, 0.2) is 5.78 Å². The van der Waals surface area contributed by atoms with Crippen molar-refractivity contribution >= 4 is 5.78 Å². The van der Waals surface area contributed by atoms with E-state index in [2.05, 4.69) is 44.2 Å². The van der Waals surface area contributed by atoms with E-state index in [0.29, 0.717) is 12.3 Å². The first-order valence-corrected chi connectivity index (χ1v) is 7.39. The molecule has 0 fully saturated rings. The molecule has 0 radical (unpaired) electrons. The predicted octanol–water partition coefficient (Wildman–Crippen LogP) is 5.46. The number of benzene rings is 2. The quantitative estimate of drug-likeness (QED) is 0.657. The van der Waals surface area contributed by atoms with Gasteiger partial charge in [0.2, 0.25) is 0 Å². The first-order valence-electron chi connectivity index (χ1n) is 7.39. The van der Waals surface area contributed by atoms with E-state index in [0.717, 1.165) is 17.5 Å². The van der Waals surface area contributed by atoms with Crippen molar-refractivity contribution < 1.29 is 4.79 Å². The molecule has 2 aromatic rings. The molecule has 1 atom stereocenters. The lowest BCUT2D eigenvalue weighted by molar-refractivity contribution is 0.0988. The highest BCUT2D eigenvalue weighted by Gasteiger charge is 2.06. The highest BCUT2D eigenvalue weighted by atomic mass is 16.1. The molecule has 0 N–H and O–H groups in total. The van der Waals surface area contributed by atoms with Crippen molar-refractivity contribution in [1.82, 2.24) is 0 Å². The van der Waals surface area contributed by atoms with Gasteiger partial charge in [-0.25, -0.2) is 0 Å². The Hall–Kier alpha value is -1.89. The van der Waals surface area contributed by atoms with Gasteiger partial charge in [0.05, 0.1) is 0 Å². The Morgan fingerprint density at radius 1 is 1.00 bits per heavy atom. The molecule has 0 aliphatic heterocycles. The normalized spacial score (nSPS) is 12.2. The highest BCUT2D eigenvalue weighted by Crippen LogP contribution is 2.25. The van der Waals surface area contributed by atoms with Crippen LogP contribution in [0.2, 0.25) is 0 Å². The molecule has 0 aliphatic carbocycles. The number of hydrogen-bond donors (Lipinski definition) is 0. The summed E-state index contributed by atoms with van der Waals surface area (Å²) in [5, 5.41) is 0. The Bertz CT molecular complexity index is 581. The van der Waals surface area contributed by atoms with E-state index in [9.17, 15) is 4.79 Å². The molecule has 0 heterocycles. The summed E-state index contributed by atoms with van der Waals surface area (Å²) in [7, 11) is 0. The van der Waals surface area contributed by atoms with Crippen LogP contribution in [-0.2, 0) is 0 Å². The minimum Gasteiger partial charge on any atom is -0.294 e. The van der Waals surface area contributed by atoms with Crippen molar-refractivity contribution in [3.63, 3.8) is 0 Å². The zero-order valence-corrected chi connectivity index (χ0v) is 12.5. The summed E-state index contributed by atoms with van der Waals surface area (Å²) in [6.07, 6.45) is 1.70. The standard InChI is InChI=1S/C19H22O/c1-4-14(3)15-9-11-16(12-10-15)17-7-6-8-18(13-17)19(20)5-2/h6-14H,4-5H2,1-3H3. The van der Waals surface area contributed by atoms with Crippen LogP contribution in [0.5, 0.6) is 0 Å². The van der Waals surface area contributed by atoms with Crippen molar-refractivity contribution in [2.75, 3.05) is 0 Å².